The molecular formula is C24H28N4O2. The molecule has 6 nitrogen and oxygen atoms in total. The Hall–Kier alpha value is -2.99. The van der Waals surface area contributed by atoms with Gasteiger partial charge in [0.2, 0.25) is 5.91 Å². The summed E-state index contributed by atoms with van der Waals surface area (Å²) in [7, 11) is 1.87. The van der Waals surface area contributed by atoms with E-state index in [9.17, 15) is 4.79 Å². The number of aryl methyl sites for hydroxylation is 1. The molecule has 3 heterocycles. The Kier molecular flexibility index (Phi) is 6.54. The van der Waals surface area contributed by atoms with Gasteiger partial charge in [-0.25, -0.2) is 0 Å². The summed E-state index contributed by atoms with van der Waals surface area (Å²) in [5.74, 6) is 0.398. The van der Waals surface area contributed by atoms with Gasteiger partial charge in [-0.15, -0.1) is 0 Å². The van der Waals surface area contributed by atoms with E-state index in [0.717, 1.165) is 30.6 Å². The Morgan fingerprint density at radius 2 is 1.90 bits per heavy atom. The highest BCUT2D eigenvalue weighted by Crippen LogP contribution is 2.25. The van der Waals surface area contributed by atoms with E-state index in [-0.39, 0.29) is 17.9 Å². The standard InChI is InChI=1S/C24H28N4O2/c1-27-13-9-22(26-27)16-24(29)28-14-10-23(30-18-20-7-11-25-12-8-20)21(17-28)15-19-5-3-2-4-6-19/h2-9,11-13,21,23H,10,14-18H2,1H3/t21-,23-/m1/s1. The number of benzene rings is 1. The number of hydrogen-bond acceptors (Lipinski definition) is 4. The van der Waals surface area contributed by atoms with Gasteiger partial charge in [0.1, 0.15) is 0 Å². The number of ether oxygens (including phenoxy) is 1. The maximum atomic E-state index is 12.9. The summed E-state index contributed by atoms with van der Waals surface area (Å²) in [6, 6.07) is 16.3. The molecule has 1 aliphatic heterocycles. The molecule has 1 saturated heterocycles. The number of rotatable bonds is 7. The van der Waals surface area contributed by atoms with E-state index in [0.29, 0.717) is 19.6 Å². The molecule has 2 atom stereocenters. The van der Waals surface area contributed by atoms with Crippen molar-refractivity contribution in [3.8, 4) is 0 Å². The van der Waals surface area contributed by atoms with Crippen LogP contribution in [0.4, 0.5) is 0 Å². The van der Waals surface area contributed by atoms with Gasteiger partial charge in [0.25, 0.3) is 0 Å². The zero-order chi connectivity index (χ0) is 20.8. The molecule has 2 aromatic heterocycles. The molecule has 0 unspecified atom stereocenters. The van der Waals surface area contributed by atoms with E-state index in [2.05, 4.69) is 34.3 Å². The van der Waals surface area contributed by atoms with Crippen molar-refractivity contribution < 1.29 is 9.53 Å². The van der Waals surface area contributed by atoms with Gasteiger partial charge < -0.3 is 9.64 Å². The van der Waals surface area contributed by atoms with Crippen LogP contribution >= 0.6 is 0 Å². The molecule has 1 aromatic carbocycles. The molecule has 30 heavy (non-hydrogen) atoms. The summed E-state index contributed by atoms with van der Waals surface area (Å²) < 4.78 is 8.06. The summed E-state index contributed by atoms with van der Waals surface area (Å²) in [5, 5.41) is 4.35. The van der Waals surface area contributed by atoms with Crippen LogP contribution < -0.4 is 0 Å². The second-order valence-corrected chi connectivity index (χ2v) is 7.94. The Bertz CT molecular complexity index is 942. The zero-order valence-corrected chi connectivity index (χ0v) is 17.4. The number of amides is 1. The Labute approximate surface area is 177 Å². The van der Waals surface area contributed by atoms with Crippen LogP contribution in [-0.2, 0) is 36.0 Å². The fraction of sp³-hybridized carbons (Fsp3) is 0.375. The minimum absolute atomic E-state index is 0.122. The first-order valence-corrected chi connectivity index (χ1v) is 10.5. The van der Waals surface area contributed by atoms with Crippen LogP contribution in [0.15, 0.2) is 67.1 Å². The fourth-order valence-electron chi connectivity index (χ4n) is 4.08. The molecule has 0 spiro atoms. The lowest BCUT2D eigenvalue weighted by Crippen LogP contribution is -2.48. The summed E-state index contributed by atoms with van der Waals surface area (Å²) in [6.45, 7) is 2.00. The lowest BCUT2D eigenvalue weighted by Gasteiger charge is -2.38. The smallest absolute Gasteiger partial charge is 0.228 e. The normalized spacial score (nSPS) is 19.0. The largest absolute Gasteiger partial charge is 0.373 e. The van der Waals surface area contributed by atoms with E-state index in [4.69, 9.17) is 4.74 Å². The van der Waals surface area contributed by atoms with Gasteiger partial charge in [-0.05, 0) is 42.2 Å². The van der Waals surface area contributed by atoms with Crippen LogP contribution in [0.1, 0.15) is 23.2 Å². The van der Waals surface area contributed by atoms with Crippen LogP contribution in [0.2, 0.25) is 0 Å². The summed E-state index contributed by atoms with van der Waals surface area (Å²) in [5.41, 5.74) is 3.22. The molecule has 4 rings (SSSR count). The molecule has 0 aliphatic carbocycles. The number of hydrogen-bond donors (Lipinski definition) is 0. The maximum absolute atomic E-state index is 12.9. The predicted molar refractivity (Wildman–Crippen MR) is 115 cm³/mol. The highest BCUT2D eigenvalue weighted by atomic mass is 16.5. The third-order valence-corrected chi connectivity index (χ3v) is 5.67. The van der Waals surface area contributed by atoms with Crippen LogP contribution in [0.25, 0.3) is 0 Å². The summed E-state index contributed by atoms with van der Waals surface area (Å²) in [4.78, 5) is 18.9. The molecule has 0 saturated carbocycles. The highest BCUT2D eigenvalue weighted by molar-refractivity contribution is 5.78. The second kappa shape index (κ2) is 9.67. The Morgan fingerprint density at radius 3 is 2.63 bits per heavy atom. The molecule has 156 valence electrons. The van der Waals surface area contributed by atoms with Crippen molar-refractivity contribution in [2.75, 3.05) is 13.1 Å². The molecule has 0 N–H and O–H groups in total. The number of nitrogens with zero attached hydrogens (tertiary/aromatic N) is 4. The van der Waals surface area contributed by atoms with Crippen LogP contribution in [-0.4, -0.2) is 44.8 Å². The molecule has 1 aliphatic rings. The van der Waals surface area contributed by atoms with Gasteiger partial charge in [-0.3, -0.25) is 14.5 Å². The Morgan fingerprint density at radius 1 is 1.10 bits per heavy atom. The van der Waals surface area contributed by atoms with E-state index in [1.807, 2.05) is 42.4 Å². The lowest BCUT2D eigenvalue weighted by atomic mass is 9.88. The van der Waals surface area contributed by atoms with E-state index >= 15 is 0 Å². The van der Waals surface area contributed by atoms with Gasteiger partial charge in [0.05, 0.1) is 24.8 Å². The third-order valence-electron chi connectivity index (χ3n) is 5.67. The van der Waals surface area contributed by atoms with Crippen LogP contribution in [0.5, 0.6) is 0 Å². The zero-order valence-electron chi connectivity index (χ0n) is 17.4. The highest BCUT2D eigenvalue weighted by Gasteiger charge is 2.32. The van der Waals surface area contributed by atoms with Crippen molar-refractivity contribution >= 4 is 5.91 Å². The number of aromatic nitrogens is 3. The first-order valence-electron chi connectivity index (χ1n) is 10.5. The van der Waals surface area contributed by atoms with Crippen molar-refractivity contribution in [2.24, 2.45) is 13.0 Å². The van der Waals surface area contributed by atoms with Gasteiger partial charge >= 0.3 is 0 Å². The number of piperidine rings is 1. The number of carbonyl (C=O) groups excluding carboxylic acids is 1. The average Bonchev–Trinajstić information content (AvgIpc) is 3.18. The molecule has 0 bridgehead atoms. The van der Waals surface area contributed by atoms with Gasteiger partial charge in [-0.1, -0.05) is 30.3 Å². The van der Waals surface area contributed by atoms with E-state index in [1.165, 1.54) is 5.56 Å². The molecule has 0 radical (unpaired) electrons. The first-order chi connectivity index (χ1) is 14.7. The van der Waals surface area contributed by atoms with E-state index < -0.39 is 0 Å². The SMILES string of the molecule is Cn1ccc(CC(=O)N2CC[C@@H](OCc3ccncc3)[C@H](Cc3ccccc3)C2)n1. The molecule has 3 aromatic rings. The topological polar surface area (TPSA) is 60.2 Å². The van der Waals surface area contributed by atoms with Crippen LogP contribution in [0, 0.1) is 5.92 Å². The van der Waals surface area contributed by atoms with Crippen molar-refractivity contribution in [1.29, 1.82) is 0 Å². The first kappa shape index (κ1) is 20.3. The fourth-order valence-corrected chi connectivity index (χ4v) is 4.08. The van der Waals surface area contributed by atoms with Gasteiger partial charge in [-0.2, -0.15) is 5.10 Å². The van der Waals surface area contributed by atoms with Crippen LogP contribution in [0.3, 0.4) is 0 Å². The van der Waals surface area contributed by atoms with Crippen molar-refractivity contribution in [1.82, 2.24) is 19.7 Å². The number of likely N-dealkylation sites (tertiary alicyclic amines) is 1. The second-order valence-electron chi connectivity index (χ2n) is 7.94. The Balaban J connectivity index is 1.42. The van der Waals surface area contributed by atoms with Crippen molar-refractivity contribution in [3.63, 3.8) is 0 Å². The molecule has 1 fully saturated rings. The quantitative estimate of drug-likeness (QED) is 0.607. The van der Waals surface area contributed by atoms with Gasteiger partial charge in [0.15, 0.2) is 0 Å². The lowest BCUT2D eigenvalue weighted by molar-refractivity contribution is -0.136. The molecular weight excluding hydrogens is 376 g/mol. The monoisotopic (exact) mass is 404 g/mol. The maximum Gasteiger partial charge on any atom is 0.228 e. The summed E-state index contributed by atoms with van der Waals surface area (Å²) >= 11 is 0. The van der Waals surface area contributed by atoms with E-state index in [1.54, 1.807) is 17.1 Å². The van der Waals surface area contributed by atoms with Crippen molar-refractivity contribution in [2.45, 2.75) is 32.0 Å². The number of pyridine rings is 1. The summed E-state index contributed by atoms with van der Waals surface area (Å²) in [6.07, 6.45) is 7.67. The minimum Gasteiger partial charge on any atom is -0.373 e. The minimum atomic E-state index is 0.122. The van der Waals surface area contributed by atoms with Gasteiger partial charge in [0, 0.05) is 44.6 Å². The average molecular weight is 405 g/mol. The molecule has 6 heteroatoms. The third kappa shape index (κ3) is 5.33. The number of carbonyl (C=O) groups is 1. The molecule has 1 amide bonds. The predicted octanol–water partition coefficient (Wildman–Crippen LogP) is 3.03. The van der Waals surface area contributed by atoms with Crippen molar-refractivity contribution in [3.05, 3.63) is 83.9 Å².